The molecule has 10 heteroatoms. The van der Waals surface area contributed by atoms with Crippen LogP contribution in [0, 0.1) is 0 Å². The predicted molar refractivity (Wildman–Crippen MR) is 129 cm³/mol. The number of rotatable bonds is 10. The van der Waals surface area contributed by atoms with Crippen LogP contribution in [0.2, 0.25) is 0 Å². The van der Waals surface area contributed by atoms with Crippen LogP contribution >= 0.6 is 0 Å². The number of H-pyrrole nitrogens is 1. The van der Waals surface area contributed by atoms with Gasteiger partial charge in [-0.15, -0.1) is 0 Å². The number of benzene rings is 2. The first kappa shape index (κ1) is 24.6. The lowest BCUT2D eigenvalue weighted by molar-refractivity contribution is -0.122. The van der Waals surface area contributed by atoms with Gasteiger partial charge in [0, 0.05) is 13.7 Å². The molecule has 0 fully saturated rings. The van der Waals surface area contributed by atoms with Crippen molar-refractivity contribution in [1.82, 2.24) is 9.55 Å². The number of nitrogens with zero attached hydrogens (tertiary/aromatic N) is 2. The highest BCUT2D eigenvalue weighted by molar-refractivity contribution is 5.96. The SMILES string of the molecule is COCC(=O)N(CCc1ccc(OC)c(OC)c1)c1c(N)n(Cc2ccccc2)c(=O)[nH]c1=O. The molecule has 0 unspecified atom stereocenters. The summed E-state index contributed by atoms with van der Waals surface area (Å²) in [6.07, 6.45) is 0.381. The van der Waals surface area contributed by atoms with E-state index in [4.69, 9.17) is 19.9 Å². The fourth-order valence-electron chi connectivity index (χ4n) is 3.60. The van der Waals surface area contributed by atoms with Crippen molar-refractivity contribution in [2.75, 3.05) is 45.1 Å². The minimum absolute atomic E-state index is 0.0990. The molecule has 0 atom stereocenters. The van der Waals surface area contributed by atoms with E-state index in [-0.39, 0.29) is 31.2 Å². The van der Waals surface area contributed by atoms with Crippen molar-refractivity contribution in [3.05, 3.63) is 80.5 Å². The van der Waals surface area contributed by atoms with E-state index in [2.05, 4.69) is 4.98 Å². The molecule has 0 radical (unpaired) electrons. The van der Waals surface area contributed by atoms with Gasteiger partial charge in [-0.25, -0.2) is 4.79 Å². The number of anilines is 2. The van der Waals surface area contributed by atoms with Gasteiger partial charge in [0.25, 0.3) is 11.5 Å². The van der Waals surface area contributed by atoms with Crippen molar-refractivity contribution in [3.63, 3.8) is 0 Å². The van der Waals surface area contributed by atoms with Crippen LogP contribution in [-0.4, -0.2) is 49.9 Å². The average molecular weight is 469 g/mol. The lowest BCUT2D eigenvalue weighted by Gasteiger charge is -2.24. The highest BCUT2D eigenvalue weighted by Crippen LogP contribution is 2.28. The zero-order chi connectivity index (χ0) is 24.7. The summed E-state index contributed by atoms with van der Waals surface area (Å²) in [6, 6.07) is 14.6. The van der Waals surface area contributed by atoms with Gasteiger partial charge in [0.05, 0.1) is 20.8 Å². The number of carbonyl (C=O) groups excluding carboxylic acids is 1. The smallest absolute Gasteiger partial charge is 0.330 e. The molecule has 0 aliphatic carbocycles. The molecule has 0 spiro atoms. The van der Waals surface area contributed by atoms with Gasteiger partial charge in [0.15, 0.2) is 17.2 Å². The lowest BCUT2D eigenvalue weighted by Crippen LogP contribution is -2.43. The van der Waals surface area contributed by atoms with Crippen LogP contribution in [0.15, 0.2) is 58.1 Å². The maximum atomic E-state index is 12.9. The molecule has 1 aromatic heterocycles. The number of nitrogens with one attached hydrogen (secondary N) is 1. The van der Waals surface area contributed by atoms with Crippen molar-refractivity contribution >= 4 is 17.4 Å². The molecule has 3 rings (SSSR count). The molecule has 0 bridgehead atoms. The summed E-state index contributed by atoms with van der Waals surface area (Å²) in [5.41, 5.74) is 6.45. The Morgan fingerprint density at radius 2 is 1.71 bits per heavy atom. The maximum absolute atomic E-state index is 12.9. The first-order valence-electron chi connectivity index (χ1n) is 10.6. The third-order valence-corrected chi connectivity index (χ3v) is 5.31. The van der Waals surface area contributed by atoms with Gasteiger partial charge in [-0.05, 0) is 29.7 Å². The molecule has 0 saturated carbocycles. The van der Waals surface area contributed by atoms with Gasteiger partial charge in [0.1, 0.15) is 12.4 Å². The Balaban J connectivity index is 1.99. The number of aromatic amines is 1. The molecule has 0 aliphatic rings. The molecule has 3 aromatic rings. The number of nitrogens with two attached hydrogens (primary N) is 1. The summed E-state index contributed by atoms with van der Waals surface area (Å²) in [7, 11) is 4.46. The Morgan fingerprint density at radius 3 is 2.35 bits per heavy atom. The summed E-state index contributed by atoms with van der Waals surface area (Å²) >= 11 is 0. The fraction of sp³-hybridized carbons (Fsp3) is 0.292. The number of amides is 1. The third kappa shape index (κ3) is 5.46. The second-order valence-corrected chi connectivity index (χ2v) is 7.48. The minimum atomic E-state index is -0.747. The second-order valence-electron chi connectivity index (χ2n) is 7.48. The first-order valence-corrected chi connectivity index (χ1v) is 10.6. The number of hydrogen-bond acceptors (Lipinski definition) is 7. The normalized spacial score (nSPS) is 10.7. The molecule has 0 saturated heterocycles. The Hall–Kier alpha value is -4.05. The van der Waals surface area contributed by atoms with E-state index < -0.39 is 17.2 Å². The molecule has 34 heavy (non-hydrogen) atoms. The zero-order valence-electron chi connectivity index (χ0n) is 19.4. The molecule has 10 nitrogen and oxygen atoms in total. The van der Waals surface area contributed by atoms with Crippen LogP contribution in [0.1, 0.15) is 11.1 Å². The molecular formula is C24H28N4O6. The maximum Gasteiger partial charge on any atom is 0.330 e. The summed E-state index contributed by atoms with van der Waals surface area (Å²) in [4.78, 5) is 41.7. The predicted octanol–water partition coefficient (Wildman–Crippen LogP) is 1.41. The van der Waals surface area contributed by atoms with Crippen molar-refractivity contribution in [3.8, 4) is 11.5 Å². The minimum Gasteiger partial charge on any atom is -0.493 e. The Bertz CT molecular complexity index is 1250. The monoisotopic (exact) mass is 468 g/mol. The lowest BCUT2D eigenvalue weighted by atomic mass is 10.1. The summed E-state index contributed by atoms with van der Waals surface area (Å²) in [6.45, 7) is -0.00556. The van der Waals surface area contributed by atoms with E-state index in [9.17, 15) is 14.4 Å². The van der Waals surface area contributed by atoms with Crippen LogP contribution in [0.5, 0.6) is 11.5 Å². The van der Waals surface area contributed by atoms with Crippen molar-refractivity contribution in [1.29, 1.82) is 0 Å². The van der Waals surface area contributed by atoms with E-state index in [1.807, 2.05) is 36.4 Å². The van der Waals surface area contributed by atoms with Crippen molar-refractivity contribution in [2.45, 2.75) is 13.0 Å². The Labute approximate surface area is 196 Å². The Morgan fingerprint density at radius 1 is 1.00 bits per heavy atom. The van der Waals surface area contributed by atoms with Gasteiger partial charge in [-0.2, -0.15) is 0 Å². The number of nitrogen functional groups attached to an aromatic ring is 1. The van der Waals surface area contributed by atoms with Gasteiger partial charge in [0.2, 0.25) is 0 Å². The molecule has 180 valence electrons. The quantitative estimate of drug-likeness (QED) is 0.460. The molecule has 1 amide bonds. The van der Waals surface area contributed by atoms with Crippen molar-refractivity contribution in [2.24, 2.45) is 0 Å². The van der Waals surface area contributed by atoms with Gasteiger partial charge in [-0.3, -0.25) is 19.1 Å². The van der Waals surface area contributed by atoms with Crippen LogP contribution in [0.4, 0.5) is 11.5 Å². The number of carbonyl (C=O) groups is 1. The fourth-order valence-corrected chi connectivity index (χ4v) is 3.60. The highest BCUT2D eigenvalue weighted by atomic mass is 16.5. The van der Waals surface area contributed by atoms with E-state index in [0.29, 0.717) is 17.9 Å². The van der Waals surface area contributed by atoms with Gasteiger partial charge in [-0.1, -0.05) is 36.4 Å². The van der Waals surface area contributed by atoms with E-state index in [1.165, 1.54) is 23.7 Å². The number of methoxy groups -OCH3 is 3. The standard InChI is InChI=1S/C24H28N4O6/c1-32-15-20(29)27(12-11-16-9-10-18(33-2)19(13-16)34-3)21-22(25)28(24(31)26-23(21)30)14-17-7-5-4-6-8-17/h4-10,13H,11-12,14-15,25H2,1-3H3,(H,26,30,31). The Kier molecular flexibility index (Phi) is 8.10. The third-order valence-electron chi connectivity index (χ3n) is 5.31. The van der Waals surface area contributed by atoms with Crippen LogP contribution in [0.25, 0.3) is 0 Å². The first-order chi connectivity index (χ1) is 16.4. The molecule has 3 N–H and O–H groups in total. The second kappa shape index (κ2) is 11.2. The van der Waals surface area contributed by atoms with E-state index >= 15 is 0 Å². The van der Waals surface area contributed by atoms with Gasteiger partial charge >= 0.3 is 5.69 Å². The number of aromatic nitrogens is 2. The molecule has 2 aromatic carbocycles. The molecular weight excluding hydrogens is 440 g/mol. The summed E-state index contributed by atoms with van der Waals surface area (Å²) < 4.78 is 16.8. The average Bonchev–Trinajstić information content (AvgIpc) is 2.84. The highest BCUT2D eigenvalue weighted by Gasteiger charge is 2.24. The van der Waals surface area contributed by atoms with Crippen LogP contribution < -0.4 is 31.4 Å². The molecule has 1 heterocycles. The van der Waals surface area contributed by atoms with E-state index in [1.54, 1.807) is 19.2 Å². The number of hydrogen-bond donors (Lipinski definition) is 2. The largest absolute Gasteiger partial charge is 0.493 e. The molecule has 0 aliphatic heterocycles. The topological polar surface area (TPSA) is 129 Å². The van der Waals surface area contributed by atoms with Crippen molar-refractivity contribution < 1.29 is 19.0 Å². The number of ether oxygens (including phenoxy) is 3. The summed E-state index contributed by atoms with van der Waals surface area (Å²) in [5.74, 6) is 0.551. The van der Waals surface area contributed by atoms with E-state index in [0.717, 1.165) is 11.1 Å². The van der Waals surface area contributed by atoms with Crippen LogP contribution in [-0.2, 0) is 22.5 Å². The van der Waals surface area contributed by atoms with Gasteiger partial charge < -0.3 is 24.8 Å². The summed E-state index contributed by atoms with van der Waals surface area (Å²) in [5, 5.41) is 0. The van der Waals surface area contributed by atoms with Crippen LogP contribution in [0.3, 0.4) is 0 Å². The zero-order valence-corrected chi connectivity index (χ0v) is 19.4.